The predicted octanol–water partition coefficient (Wildman–Crippen LogP) is 3.51. The van der Waals surface area contributed by atoms with Crippen LogP contribution in [0.2, 0.25) is 0 Å². The van der Waals surface area contributed by atoms with Crippen LogP contribution in [0.3, 0.4) is 0 Å². The van der Waals surface area contributed by atoms with E-state index in [0.717, 1.165) is 0 Å². The number of carbonyl (C=O) groups is 1. The molecule has 0 saturated carbocycles. The van der Waals surface area contributed by atoms with Crippen LogP contribution in [0.25, 0.3) is 0 Å². The summed E-state index contributed by atoms with van der Waals surface area (Å²) in [5.74, 6) is 2.14. The fourth-order valence-corrected chi connectivity index (χ4v) is 2.29. The Kier molecular flexibility index (Phi) is 6.51. The summed E-state index contributed by atoms with van der Waals surface area (Å²) < 4.78 is 21.4. The molecule has 0 radical (unpaired) electrons. The topological polar surface area (TPSA) is 66.0 Å². The Morgan fingerprint density at radius 3 is 2.28 bits per heavy atom. The highest BCUT2D eigenvalue weighted by molar-refractivity contribution is 5.95. The lowest BCUT2D eigenvalue weighted by atomic mass is 10.2. The molecule has 6 nitrogen and oxygen atoms in total. The zero-order valence-electron chi connectivity index (χ0n) is 14.9. The van der Waals surface area contributed by atoms with Crippen molar-refractivity contribution in [3.8, 4) is 23.0 Å². The number of hydrogen-bond acceptors (Lipinski definition) is 5. The first-order valence-corrected chi connectivity index (χ1v) is 7.94. The third kappa shape index (κ3) is 4.79. The maximum atomic E-state index is 12.6. The first-order chi connectivity index (χ1) is 12.1. The van der Waals surface area contributed by atoms with Crippen molar-refractivity contribution in [3.05, 3.63) is 42.5 Å². The van der Waals surface area contributed by atoms with Crippen LogP contribution in [0, 0.1) is 0 Å². The second-order valence-electron chi connectivity index (χ2n) is 5.25. The number of rotatable bonds is 8. The molecular formula is C19H23NO5. The number of benzene rings is 2. The Morgan fingerprint density at radius 2 is 1.64 bits per heavy atom. The molecule has 25 heavy (non-hydrogen) atoms. The molecule has 6 heteroatoms. The van der Waals surface area contributed by atoms with E-state index in [9.17, 15) is 4.79 Å². The van der Waals surface area contributed by atoms with Gasteiger partial charge in [-0.25, -0.2) is 0 Å². The van der Waals surface area contributed by atoms with E-state index in [2.05, 4.69) is 5.32 Å². The summed E-state index contributed by atoms with van der Waals surface area (Å²) in [6, 6.07) is 12.3. The van der Waals surface area contributed by atoms with Crippen LogP contribution >= 0.6 is 0 Å². The second-order valence-corrected chi connectivity index (χ2v) is 5.25. The SMILES string of the molecule is CC[C@@H](Oc1cccc(OC)c1)C(=O)Nc1cc(OC)ccc1OC. The molecule has 0 aliphatic heterocycles. The lowest BCUT2D eigenvalue weighted by molar-refractivity contribution is -0.122. The Balaban J connectivity index is 2.14. The fraction of sp³-hybridized carbons (Fsp3) is 0.316. The molecule has 0 aliphatic carbocycles. The third-order valence-corrected chi connectivity index (χ3v) is 3.65. The van der Waals surface area contributed by atoms with Gasteiger partial charge in [-0.3, -0.25) is 4.79 Å². The van der Waals surface area contributed by atoms with Crippen LogP contribution in [0.1, 0.15) is 13.3 Å². The largest absolute Gasteiger partial charge is 0.497 e. The minimum Gasteiger partial charge on any atom is -0.497 e. The van der Waals surface area contributed by atoms with Crippen LogP contribution in [-0.4, -0.2) is 33.3 Å². The third-order valence-electron chi connectivity index (χ3n) is 3.65. The molecule has 0 fully saturated rings. The molecule has 0 aliphatic rings. The number of amides is 1. The summed E-state index contributed by atoms with van der Waals surface area (Å²) in [5.41, 5.74) is 0.527. The highest BCUT2D eigenvalue weighted by atomic mass is 16.5. The van der Waals surface area contributed by atoms with E-state index in [0.29, 0.717) is 35.1 Å². The van der Waals surface area contributed by atoms with Crippen molar-refractivity contribution in [2.75, 3.05) is 26.6 Å². The van der Waals surface area contributed by atoms with E-state index in [1.54, 1.807) is 51.7 Å². The van der Waals surface area contributed by atoms with E-state index in [1.165, 1.54) is 0 Å². The molecule has 0 aromatic heterocycles. The molecule has 0 bridgehead atoms. The Bertz CT molecular complexity index is 717. The molecule has 1 N–H and O–H groups in total. The van der Waals surface area contributed by atoms with Crippen molar-refractivity contribution < 1.29 is 23.7 Å². The van der Waals surface area contributed by atoms with Gasteiger partial charge in [0.1, 0.15) is 23.0 Å². The van der Waals surface area contributed by atoms with Crippen LogP contribution < -0.4 is 24.3 Å². The molecule has 0 unspecified atom stereocenters. The first-order valence-electron chi connectivity index (χ1n) is 7.94. The number of ether oxygens (including phenoxy) is 4. The monoisotopic (exact) mass is 345 g/mol. The maximum absolute atomic E-state index is 12.6. The van der Waals surface area contributed by atoms with Crippen LogP contribution in [-0.2, 0) is 4.79 Å². The highest BCUT2D eigenvalue weighted by Crippen LogP contribution is 2.29. The average Bonchev–Trinajstić information content (AvgIpc) is 2.65. The molecule has 0 heterocycles. The van der Waals surface area contributed by atoms with Crippen molar-refractivity contribution in [2.24, 2.45) is 0 Å². The van der Waals surface area contributed by atoms with Crippen molar-refractivity contribution in [1.29, 1.82) is 0 Å². The molecule has 134 valence electrons. The molecule has 2 rings (SSSR count). The van der Waals surface area contributed by atoms with Crippen molar-refractivity contribution in [1.82, 2.24) is 0 Å². The van der Waals surface area contributed by atoms with E-state index >= 15 is 0 Å². The van der Waals surface area contributed by atoms with Crippen LogP contribution in [0.4, 0.5) is 5.69 Å². The number of hydrogen-bond donors (Lipinski definition) is 1. The number of carbonyl (C=O) groups excluding carboxylic acids is 1. The van der Waals surface area contributed by atoms with E-state index in [1.807, 2.05) is 19.1 Å². The minimum absolute atomic E-state index is 0.267. The summed E-state index contributed by atoms with van der Waals surface area (Å²) in [4.78, 5) is 12.6. The Hall–Kier alpha value is -2.89. The number of methoxy groups -OCH3 is 3. The van der Waals surface area contributed by atoms with Gasteiger partial charge >= 0.3 is 0 Å². The van der Waals surface area contributed by atoms with Gasteiger partial charge in [0.15, 0.2) is 6.10 Å². The highest BCUT2D eigenvalue weighted by Gasteiger charge is 2.20. The predicted molar refractivity (Wildman–Crippen MR) is 95.9 cm³/mol. The van der Waals surface area contributed by atoms with Gasteiger partial charge in [-0.05, 0) is 30.7 Å². The summed E-state index contributed by atoms with van der Waals surface area (Å²) >= 11 is 0. The molecule has 2 aromatic rings. The smallest absolute Gasteiger partial charge is 0.265 e. The lowest BCUT2D eigenvalue weighted by Crippen LogP contribution is -2.32. The maximum Gasteiger partial charge on any atom is 0.265 e. The normalized spacial score (nSPS) is 11.4. The fourth-order valence-electron chi connectivity index (χ4n) is 2.29. The van der Waals surface area contributed by atoms with E-state index in [-0.39, 0.29) is 5.91 Å². The van der Waals surface area contributed by atoms with Gasteiger partial charge in [-0.15, -0.1) is 0 Å². The van der Waals surface area contributed by atoms with Gasteiger partial charge < -0.3 is 24.3 Å². The van der Waals surface area contributed by atoms with Gasteiger partial charge in [0.05, 0.1) is 27.0 Å². The second kappa shape index (κ2) is 8.82. The zero-order chi connectivity index (χ0) is 18.2. The minimum atomic E-state index is -0.650. The Morgan fingerprint density at radius 1 is 0.960 bits per heavy atom. The van der Waals surface area contributed by atoms with Gasteiger partial charge in [-0.2, -0.15) is 0 Å². The van der Waals surface area contributed by atoms with Gasteiger partial charge in [0.2, 0.25) is 0 Å². The first kappa shape index (κ1) is 18.4. The summed E-state index contributed by atoms with van der Waals surface area (Å²) in [7, 11) is 4.69. The number of anilines is 1. The van der Waals surface area contributed by atoms with Gasteiger partial charge in [-0.1, -0.05) is 13.0 Å². The number of nitrogens with one attached hydrogen (secondary N) is 1. The molecule has 1 atom stereocenters. The van der Waals surface area contributed by atoms with Crippen LogP contribution in [0.5, 0.6) is 23.0 Å². The summed E-state index contributed by atoms with van der Waals surface area (Å²) in [5, 5.41) is 2.84. The molecule has 2 aromatic carbocycles. The summed E-state index contributed by atoms with van der Waals surface area (Å²) in [6.07, 6.45) is -0.141. The molecular weight excluding hydrogens is 322 g/mol. The summed E-state index contributed by atoms with van der Waals surface area (Å²) in [6.45, 7) is 1.88. The lowest BCUT2D eigenvalue weighted by Gasteiger charge is -2.19. The van der Waals surface area contributed by atoms with Gasteiger partial charge in [0.25, 0.3) is 5.91 Å². The average molecular weight is 345 g/mol. The standard InChI is InChI=1S/C19H23NO5/c1-5-17(25-15-8-6-7-13(11-15)22-2)19(21)20-16-12-14(23-3)9-10-18(16)24-4/h6-12,17H,5H2,1-4H3,(H,20,21)/t17-/m1/s1. The van der Waals surface area contributed by atoms with Crippen molar-refractivity contribution in [2.45, 2.75) is 19.4 Å². The van der Waals surface area contributed by atoms with E-state index < -0.39 is 6.10 Å². The quantitative estimate of drug-likeness (QED) is 0.793. The molecule has 0 saturated heterocycles. The Labute approximate surface area is 147 Å². The molecule has 0 spiro atoms. The zero-order valence-corrected chi connectivity index (χ0v) is 14.9. The van der Waals surface area contributed by atoms with Gasteiger partial charge in [0, 0.05) is 12.1 Å². The van der Waals surface area contributed by atoms with Crippen molar-refractivity contribution >= 4 is 11.6 Å². The van der Waals surface area contributed by atoms with Crippen molar-refractivity contribution in [3.63, 3.8) is 0 Å². The molecule has 1 amide bonds. The van der Waals surface area contributed by atoms with E-state index in [4.69, 9.17) is 18.9 Å². The van der Waals surface area contributed by atoms with Crippen LogP contribution in [0.15, 0.2) is 42.5 Å².